The van der Waals surface area contributed by atoms with Gasteiger partial charge in [0.2, 0.25) is 0 Å². The second-order valence-corrected chi connectivity index (χ2v) is 7.43. The lowest BCUT2D eigenvalue weighted by Gasteiger charge is -2.12. The van der Waals surface area contributed by atoms with Gasteiger partial charge in [-0.1, -0.05) is 30.3 Å². The largest absolute Gasteiger partial charge is 0.483 e. The fourth-order valence-electron chi connectivity index (χ4n) is 2.26. The number of hydrogen-bond acceptors (Lipinski definition) is 5. The van der Waals surface area contributed by atoms with Gasteiger partial charge in [0, 0.05) is 0 Å². The Morgan fingerprint density at radius 1 is 1.04 bits per heavy atom. The highest BCUT2D eigenvalue weighted by atomic mass is 79.9. The minimum absolute atomic E-state index is 0.0758. The molecule has 3 N–H and O–H groups in total. The molecule has 10 heteroatoms. The number of thiocarbonyl (C=S) groups is 1. The van der Waals surface area contributed by atoms with Gasteiger partial charge in [0.25, 0.3) is 11.8 Å². The van der Waals surface area contributed by atoms with Crippen LogP contribution in [0.3, 0.4) is 0 Å². The lowest BCUT2D eigenvalue weighted by Crippen LogP contribution is -2.49. The maximum absolute atomic E-state index is 11.9. The van der Waals surface area contributed by atoms with E-state index in [-0.39, 0.29) is 17.5 Å². The van der Waals surface area contributed by atoms with Crippen molar-refractivity contribution in [3.05, 3.63) is 63.4 Å². The summed E-state index contributed by atoms with van der Waals surface area (Å²) in [4.78, 5) is 23.8. The molecular formula is C18H13Br2N3O4S. The van der Waals surface area contributed by atoms with Crippen LogP contribution in [0.15, 0.2) is 62.1 Å². The van der Waals surface area contributed by atoms with Gasteiger partial charge in [-0.2, -0.15) is 0 Å². The maximum Gasteiger partial charge on any atom is 0.293 e. The molecule has 0 aliphatic carbocycles. The monoisotopic (exact) mass is 525 g/mol. The van der Waals surface area contributed by atoms with E-state index in [1.165, 1.54) is 6.07 Å². The van der Waals surface area contributed by atoms with Crippen LogP contribution in [-0.2, 0) is 4.79 Å². The molecule has 0 radical (unpaired) electrons. The predicted octanol–water partition coefficient (Wildman–Crippen LogP) is 3.67. The fraction of sp³-hybridized carbons (Fsp3) is 0.0556. The normalized spacial score (nSPS) is 10.4. The highest BCUT2D eigenvalue weighted by Crippen LogP contribution is 2.32. The van der Waals surface area contributed by atoms with Gasteiger partial charge in [-0.05, 0) is 73.0 Å². The number of carbonyl (C=O) groups is 2. The van der Waals surface area contributed by atoms with E-state index in [2.05, 4.69) is 48.0 Å². The molecule has 0 spiro atoms. The number of fused-ring (bicyclic) bond motifs is 1. The van der Waals surface area contributed by atoms with Crippen LogP contribution in [0.2, 0.25) is 0 Å². The van der Waals surface area contributed by atoms with Gasteiger partial charge in [0.15, 0.2) is 22.1 Å². The van der Waals surface area contributed by atoms with Crippen molar-refractivity contribution in [2.24, 2.45) is 0 Å². The number of hydrogen-bond donors (Lipinski definition) is 3. The van der Waals surface area contributed by atoms with E-state index >= 15 is 0 Å². The predicted molar refractivity (Wildman–Crippen MR) is 115 cm³/mol. The Kier molecular flexibility index (Phi) is 6.65. The zero-order valence-electron chi connectivity index (χ0n) is 14.1. The third-order valence-electron chi connectivity index (χ3n) is 3.53. The molecule has 0 unspecified atom stereocenters. The lowest BCUT2D eigenvalue weighted by molar-refractivity contribution is -0.123. The molecule has 3 aromatic rings. The first-order chi connectivity index (χ1) is 13.4. The Bertz CT molecular complexity index is 1050. The number of hydrazine groups is 1. The van der Waals surface area contributed by atoms with Gasteiger partial charge < -0.3 is 9.15 Å². The number of ether oxygens (including phenoxy) is 1. The zero-order valence-corrected chi connectivity index (χ0v) is 18.1. The van der Waals surface area contributed by atoms with E-state index in [0.29, 0.717) is 10.4 Å². The number of rotatable bonds is 4. The molecule has 0 aliphatic rings. The van der Waals surface area contributed by atoms with Crippen LogP contribution in [0.5, 0.6) is 5.75 Å². The zero-order chi connectivity index (χ0) is 20.1. The molecule has 2 amide bonds. The summed E-state index contributed by atoms with van der Waals surface area (Å²) in [6, 6.07) is 14.5. The molecule has 7 nitrogen and oxygen atoms in total. The van der Waals surface area contributed by atoms with Crippen molar-refractivity contribution in [3.8, 4) is 5.75 Å². The average Bonchev–Trinajstić information content (AvgIpc) is 3.12. The van der Waals surface area contributed by atoms with Crippen LogP contribution in [0.25, 0.3) is 10.8 Å². The van der Waals surface area contributed by atoms with E-state index < -0.39 is 11.8 Å². The van der Waals surface area contributed by atoms with Crippen LogP contribution in [0.4, 0.5) is 0 Å². The third kappa shape index (κ3) is 5.09. The Morgan fingerprint density at radius 2 is 1.82 bits per heavy atom. The van der Waals surface area contributed by atoms with Gasteiger partial charge in [-0.3, -0.25) is 25.8 Å². The summed E-state index contributed by atoms with van der Waals surface area (Å²) in [5.74, 6) is -0.411. The molecule has 28 heavy (non-hydrogen) atoms. The molecule has 0 fully saturated rings. The summed E-state index contributed by atoms with van der Waals surface area (Å²) in [7, 11) is 0. The first-order valence-electron chi connectivity index (χ1n) is 7.89. The van der Waals surface area contributed by atoms with Crippen LogP contribution in [-0.4, -0.2) is 23.5 Å². The summed E-state index contributed by atoms with van der Waals surface area (Å²) < 4.78 is 11.8. The second kappa shape index (κ2) is 9.18. The summed E-state index contributed by atoms with van der Waals surface area (Å²) in [5.41, 5.74) is 4.77. The standard InChI is InChI=1S/C18H13Br2N3O4S/c19-14-8-7-13(27-14)17(25)21-18(28)23-22-15(24)9-26-12-6-5-10-3-1-2-4-11(10)16(12)20/h1-8H,9H2,(H,22,24)(H2,21,23,25,28). The fourth-order valence-corrected chi connectivity index (χ4v) is 3.32. The maximum atomic E-state index is 11.9. The highest BCUT2D eigenvalue weighted by Gasteiger charge is 2.13. The first kappa shape index (κ1) is 20.3. The number of benzene rings is 2. The van der Waals surface area contributed by atoms with Gasteiger partial charge in [-0.15, -0.1) is 0 Å². The smallest absolute Gasteiger partial charge is 0.293 e. The van der Waals surface area contributed by atoms with Crippen molar-refractivity contribution in [3.63, 3.8) is 0 Å². The summed E-state index contributed by atoms with van der Waals surface area (Å²) in [6.07, 6.45) is 0. The number of amides is 2. The molecule has 0 aliphatic heterocycles. The van der Waals surface area contributed by atoms with Crippen LogP contribution >= 0.6 is 44.1 Å². The Balaban J connectivity index is 1.47. The summed E-state index contributed by atoms with van der Waals surface area (Å²) in [6.45, 7) is -0.244. The Hall–Kier alpha value is -2.43. The van der Waals surface area contributed by atoms with Crippen LogP contribution in [0.1, 0.15) is 10.6 Å². The molecule has 0 saturated heterocycles. The molecule has 2 aromatic carbocycles. The van der Waals surface area contributed by atoms with E-state index in [0.717, 1.165) is 15.2 Å². The number of carbonyl (C=O) groups excluding carboxylic acids is 2. The van der Waals surface area contributed by atoms with Crippen molar-refractivity contribution in [2.75, 3.05) is 6.61 Å². The lowest BCUT2D eigenvalue weighted by atomic mass is 10.1. The number of halogens is 2. The highest BCUT2D eigenvalue weighted by molar-refractivity contribution is 9.11. The van der Waals surface area contributed by atoms with Crippen LogP contribution in [0, 0.1) is 0 Å². The van der Waals surface area contributed by atoms with Gasteiger partial charge in [-0.25, -0.2) is 0 Å². The van der Waals surface area contributed by atoms with Crippen molar-refractivity contribution in [1.82, 2.24) is 16.2 Å². The van der Waals surface area contributed by atoms with E-state index in [1.54, 1.807) is 12.1 Å². The molecule has 1 heterocycles. The van der Waals surface area contributed by atoms with Crippen molar-refractivity contribution in [2.45, 2.75) is 0 Å². The molecule has 144 valence electrons. The molecule has 3 rings (SSSR count). The SMILES string of the molecule is O=C(COc1ccc2ccccc2c1Br)NNC(=S)NC(=O)c1ccc(Br)o1. The quantitative estimate of drug-likeness (QED) is 0.355. The first-order valence-corrected chi connectivity index (χ1v) is 9.89. The van der Waals surface area contributed by atoms with Gasteiger partial charge in [0.05, 0.1) is 4.47 Å². The minimum Gasteiger partial charge on any atom is -0.483 e. The Morgan fingerprint density at radius 3 is 2.57 bits per heavy atom. The van der Waals surface area contributed by atoms with Gasteiger partial charge in [0.1, 0.15) is 5.75 Å². The van der Waals surface area contributed by atoms with Gasteiger partial charge >= 0.3 is 0 Å². The average molecular weight is 527 g/mol. The number of furan rings is 1. The van der Waals surface area contributed by atoms with Crippen molar-refractivity contribution in [1.29, 1.82) is 0 Å². The molecule has 0 saturated carbocycles. The topological polar surface area (TPSA) is 92.6 Å². The molecule has 0 bridgehead atoms. The van der Waals surface area contributed by atoms with E-state index in [9.17, 15) is 9.59 Å². The minimum atomic E-state index is -0.547. The molecule has 0 atom stereocenters. The summed E-state index contributed by atoms with van der Waals surface area (Å²) in [5, 5.41) is 4.32. The van der Waals surface area contributed by atoms with Crippen molar-refractivity contribution >= 4 is 71.8 Å². The summed E-state index contributed by atoms with van der Waals surface area (Å²) >= 11 is 11.5. The molecule has 1 aromatic heterocycles. The third-order valence-corrected chi connectivity index (χ3v) is 4.97. The van der Waals surface area contributed by atoms with E-state index in [4.69, 9.17) is 21.4 Å². The Labute approximate surface area is 182 Å². The second-order valence-electron chi connectivity index (χ2n) is 5.45. The number of nitrogens with one attached hydrogen (secondary N) is 3. The van der Waals surface area contributed by atoms with Crippen LogP contribution < -0.4 is 20.9 Å². The van der Waals surface area contributed by atoms with E-state index in [1.807, 2.05) is 30.3 Å². The molecular weight excluding hydrogens is 514 g/mol. The van der Waals surface area contributed by atoms with Crippen molar-refractivity contribution < 1.29 is 18.7 Å².